The van der Waals surface area contributed by atoms with E-state index in [0.29, 0.717) is 11.7 Å². The zero-order valence-electron chi connectivity index (χ0n) is 19.3. The molecule has 0 radical (unpaired) electrons. The minimum atomic E-state index is -6.00. The lowest BCUT2D eigenvalue weighted by molar-refractivity contribution is -0.267. The number of halogens is 6. The van der Waals surface area contributed by atoms with Crippen LogP contribution in [0.15, 0.2) is 115 Å². The Kier molecular flexibility index (Phi) is 8.88. The largest absolute Gasteiger partial charge is 1.00 e. The van der Waals surface area contributed by atoms with Crippen molar-refractivity contribution in [3.8, 4) is 0 Å². The molecule has 0 saturated heterocycles. The van der Waals surface area contributed by atoms with Crippen LogP contribution in [0.25, 0.3) is 0 Å². The van der Waals surface area contributed by atoms with Crippen LogP contribution < -0.4 is 38.2 Å². The smallest absolute Gasteiger partial charge is 0.463 e. The minimum Gasteiger partial charge on any atom is -1.00 e. The van der Waals surface area contributed by atoms with E-state index in [1.165, 1.54) is 12.1 Å². The van der Waals surface area contributed by atoms with E-state index in [9.17, 15) is 26.7 Å². The van der Waals surface area contributed by atoms with E-state index in [0.717, 1.165) is 15.9 Å². The van der Waals surface area contributed by atoms with E-state index in [-0.39, 0.29) is 22.7 Å². The van der Waals surface area contributed by atoms with Gasteiger partial charge in [-0.15, -0.1) is 0 Å². The van der Waals surface area contributed by atoms with Crippen LogP contribution >= 0.6 is 7.26 Å². The highest BCUT2D eigenvalue weighted by molar-refractivity contribution is 7.95. The summed E-state index contributed by atoms with van der Waals surface area (Å²) in [7, 11) is -2.48. The molecular formula is C28H22BrF5NOP. The Labute approximate surface area is 222 Å². The van der Waals surface area contributed by atoms with Crippen LogP contribution in [0.1, 0.15) is 5.56 Å². The molecule has 1 N–H and O–H groups in total. The van der Waals surface area contributed by atoms with Crippen molar-refractivity contribution in [3.05, 3.63) is 121 Å². The van der Waals surface area contributed by atoms with Gasteiger partial charge in [-0.3, -0.25) is 4.79 Å². The zero-order chi connectivity index (χ0) is 25.8. The molecule has 4 aromatic carbocycles. The molecule has 0 saturated carbocycles. The molecule has 0 aliphatic heterocycles. The average molecular weight is 594 g/mol. The first-order valence-corrected chi connectivity index (χ1v) is 13.0. The van der Waals surface area contributed by atoms with Crippen LogP contribution in [-0.4, -0.2) is 18.0 Å². The van der Waals surface area contributed by atoms with Crippen LogP contribution in [0.2, 0.25) is 0 Å². The van der Waals surface area contributed by atoms with Gasteiger partial charge >= 0.3 is 18.0 Å². The topological polar surface area (TPSA) is 29.1 Å². The number of anilines is 1. The Morgan fingerprint density at radius 3 is 1.41 bits per heavy atom. The fourth-order valence-corrected chi connectivity index (χ4v) is 8.41. The summed E-state index contributed by atoms with van der Waals surface area (Å²) in [5, 5.41) is 4.85. The highest BCUT2D eigenvalue weighted by Gasteiger charge is 2.63. The highest BCUT2D eigenvalue weighted by Crippen LogP contribution is 2.58. The van der Waals surface area contributed by atoms with E-state index in [1.54, 1.807) is 12.1 Å². The zero-order valence-corrected chi connectivity index (χ0v) is 21.8. The second-order valence-corrected chi connectivity index (χ2v) is 11.6. The van der Waals surface area contributed by atoms with Gasteiger partial charge in [-0.25, -0.2) is 0 Å². The van der Waals surface area contributed by atoms with Gasteiger partial charge in [0.2, 0.25) is 0 Å². The first-order valence-electron chi connectivity index (χ1n) is 11.0. The molecule has 1 amide bonds. The summed E-state index contributed by atoms with van der Waals surface area (Å²) in [6, 6.07) is 35.2. The van der Waals surface area contributed by atoms with Gasteiger partial charge < -0.3 is 22.3 Å². The van der Waals surface area contributed by atoms with Crippen molar-refractivity contribution in [2.24, 2.45) is 0 Å². The molecule has 0 heterocycles. The maximum atomic E-state index is 13.7. The molecule has 4 aromatic rings. The summed E-state index contributed by atoms with van der Waals surface area (Å²) >= 11 is 0. The van der Waals surface area contributed by atoms with Crippen LogP contribution in [-0.2, 0) is 11.0 Å². The van der Waals surface area contributed by atoms with Crippen molar-refractivity contribution < 1.29 is 43.7 Å². The van der Waals surface area contributed by atoms with Gasteiger partial charge in [0.1, 0.15) is 29.3 Å². The second kappa shape index (κ2) is 11.5. The summed E-state index contributed by atoms with van der Waals surface area (Å²) in [4.78, 5) is 12.0. The summed E-state index contributed by atoms with van der Waals surface area (Å²) in [5.41, 5.74) is 0.368. The van der Waals surface area contributed by atoms with Gasteiger partial charge in [-0.1, -0.05) is 72.8 Å². The molecular weight excluding hydrogens is 572 g/mol. The second-order valence-electron chi connectivity index (χ2n) is 8.16. The molecule has 0 atom stereocenters. The molecule has 0 bridgehead atoms. The number of nitrogens with one attached hydrogen (secondary N) is 1. The van der Waals surface area contributed by atoms with Crippen LogP contribution in [0.3, 0.4) is 0 Å². The Bertz CT molecular complexity index is 1220. The maximum Gasteiger partial charge on any atom is 0.463 e. The molecule has 4 rings (SSSR count). The summed E-state index contributed by atoms with van der Waals surface area (Å²) in [6.07, 6.45) is -5.71. The number of para-hydroxylation sites is 1. The molecule has 9 heteroatoms. The normalized spacial score (nSPS) is 11.9. The van der Waals surface area contributed by atoms with Crippen molar-refractivity contribution in [1.29, 1.82) is 0 Å². The van der Waals surface area contributed by atoms with Crippen molar-refractivity contribution in [2.75, 3.05) is 5.32 Å². The third-order valence-corrected chi connectivity index (χ3v) is 10.3. The SMILES string of the molecule is O=C(Nc1ccccc1C[P+](c1ccccc1)(c1ccccc1)c1ccccc1)C(F)(F)C(F)(F)F.[Br-]. The molecule has 0 spiro atoms. The predicted octanol–water partition coefficient (Wildman–Crippen LogP) is 3.32. The maximum absolute atomic E-state index is 13.7. The van der Waals surface area contributed by atoms with Gasteiger partial charge in [0.05, 0.1) is 0 Å². The van der Waals surface area contributed by atoms with Gasteiger partial charge in [0.25, 0.3) is 0 Å². The quantitative estimate of drug-likeness (QED) is 0.259. The predicted molar refractivity (Wildman–Crippen MR) is 135 cm³/mol. The van der Waals surface area contributed by atoms with E-state index in [4.69, 9.17) is 0 Å². The first-order chi connectivity index (χ1) is 17.2. The fourth-order valence-electron chi connectivity index (χ4n) is 4.13. The minimum absolute atomic E-state index is 0. The van der Waals surface area contributed by atoms with Crippen LogP contribution in [0.4, 0.5) is 27.6 Å². The monoisotopic (exact) mass is 593 g/mol. The van der Waals surface area contributed by atoms with Crippen molar-refractivity contribution >= 4 is 34.8 Å². The number of rotatable bonds is 7. The number of carbonyl (C=O) groups is 1. The lowest BCUT2D eigenvalue weighted by Gasteiger charge is -2.28. The summed E-state index contributed by atoms with van der Waals surface area (Å²) in [5.74, 6) is -7.93. The number of hydrogen-bond donors (Lipinski definition) is 1. The van der Waals surface area contributed by atoms with Crippen LogP contribution in [0, 0.1) is 0 Å². The van der Waals surface area contributed by atoms with Gasteiger partial charge in [0, 0.05) is 11.3 Å². The third-order valence-electron chi connectivity index (χ3n) is 5.91. The van der Waals surface area contributed by atoms with Gasteiger partial charge in [0.15, 0.2) is 0 Å². The Morgan fingerprint density at radius 1 is 0.622 bits per heavy atom. The van der Waals surface area contributed by atoms with Crippen molar-refractivity contribution in [1.82, 2.24) is 0 Å². The summed E-state index contributed by atoms with van der Waals surface area (Å²) in [6.45, 7) is 0. The number of hydrogen-bond acceptors (Lipinski definition) is 1. The standard InChI is InChI=1S/C28H21F5NOP.BrH/c29-27(30,28(31,32)33)26(35)34-25-19-11-10-12-21(25)20-36(22-13-4-1-5-14-22,23-15-6-2-7-16-23)24-17-8-3-9-18-24;/h1-19H,20H2;1H. The molecule has 0 aliphatic rings. The molecule has 2 nitrogen and oxygen atoms in total. The first kappa shape index (κ1) is 28.5. The van der Waals surface area contributed by atoms with Gasteiger partial charge in [-0.2, -0.15) is 22.0 Å². The lowest BCUT2D eigenvalue weighted by atomic mass is 10.2. The fraction of sp³-hybridized carbons (Fsp3) is 0.107. The Morgan fingerprint density at radius 2 is 1.00 bits per heavy atom. The number of benzene rings is 4. The van der Waals surface area contributed by atoms with Crippen molar-refractivity contribution in [3.63, 3.8) is 0 Å². The number of amides is 1. The van der Waals surface area contributed by atoms with Gasteiger partial charge in [-0.05, 0) is 42.5 Å². The highest BCUT2D eigenvalue weighted by atomic mass is 79.9. The third kappa shape index (κ3) is 5.76. The molecule has 192 valence electrons. The van der Waals surface area contributed by atoms with E-state index < -0.39 is 25.3 Å². The molecule has 0 fully saturated rings. The molecule has 37 heavy (non-hydrogen) atoms. The van der Waals surface area contributed by atoms with Crippen molar-refractivity contribution in [2.45, 2.75) is 18.3 Å². The molecule has 0 aliphatic carbocycles. The van der Waals surface area contributed by atoms with E-state index in [1.807, 2.05) is 96.3 Å². The number of alkyl halides is 5. The Hall–Kier alpha value is -3.09. The molecule has 0 aromatic heterocycles. The average Bonchev–Trinajstić information content (AvgIpc) is 2.89. The Balaban J connectivity index is 0.00000380. The number of carbonyl (C=O) groups excluding carboxylic acids is 1. The summed E-state index contributed by atoms with van der Waals surface area (Å²) < 4.78 is 65.9. The lowest BCUT2D eigenvalue weighted by Crippen LogP contribution is -3.00. The molecule has 0 unspecified atom stereocenters. The van der Waals surface area contributed by atoms with E-state index >= 15 is 0 Å². The van der Waals surface area contributed by atoms with Crippen LogP contribution in [0.5, 0.6) is 0 Å². The van der Waals surface area contributed by atoms with E-state index in [2.05, 4.69) is 0 Å².